The number of halogens is 2. The molecule has 0 spiro atoms. The van der Waals surface area contributed by atoms with Gasteiger partial charge in [-0.3, -0.25) is 10.0 Å². The predicted molar refractivity (Wildman–Crippen MR) is 92.2 cm³/mol. The lowest BCUT2D eigenvalue weighted by Gasteiger charge is -2.24. The highest BCUT2D eigenvalue weighted by atomic mass is 32.2. The van der Waals surface area contributed by atoms with Crippen LogP contribution in [0.2, 0.25) is 0 Å². The van der Waals surface area contributed by atoms with Crippen molar-refractivity contribution in [2.75, 3.05) is 13.2 Å². The maximum atomic E-state index is 13.2. The maximum absolute atomic E-state index is 13.2. The molecule has 1 fully saturated rings. The first-order chi connectivity index (χ1) is 13.3. The quantitative estimate of drug-likeness (QED) is 0.598. The Bertz CT molecular complexity index is 959. The molecule has 1 heterocycles. The Hall–Kier alpha value is -2.56. The van der Waals surface area contributed by atoms with Gasteiger partial charge in [-0.25, -0.2) is 8.78 Å². The summed E-state index contributed by atoms with van der Waals surface area (Å²) < 4.78 is 61.3. The molecule has 0 unspecified atom stereocenters. The van der Waals surface area contributed by atoms with Gasteiger partial charge in [0.1, 0.15) is 11.5 Å². The molecule has 0 atom stereocenters. The molecular formula is C18H17F2NO6S. The van der Waals surface area contributed by atoms with Crippen LogP contribution in [0.3, 0.4) is 0 Å². The van der Waals surface area contributed by atoms with E-state index in [0.717, 1.165) is 24.3 Å². The second-order valence-corrected chi connectivity index (χ2v) is 7.89. The molecule has 0 aliphatic carbocycles. The van der Waals surface area contributed by atoms with Crippen LogP contribution >= 0.6 is 0 Å². The van der Waals surface area contributed by atoms with Crippen molar-refractivity contribution in [2.24, 2.45) is 5.92 Å². The van der Waals surface area contributed by atoms with E-state index in [0.29, 0.717) is 26.1 Å². The summed E-state index contributed by atoms with van der Waals surface area (Å²) in [7, 11) is -4.46. The Morgan fingerprint density at radius 2 is 1.64 bits per heavy atom. The Kier molecular flexibility index (Phi) is 5.92. The Labute approximate surface area is 160 Å². The maximum Gasteiger partial charge on any atom is 0.289 e. The summed E-state index contributed by atoms with van der Waals surface area (Å²) >= 11 is 0. The van der Waals surface area contributed by atoms with Crippen molar-refractivity contribution >= 4 is 15.9 Å². The number of hydrogen-bond acceptors (Lipinski definition) is 6. The minimum Gasteiger partial charge on any atom is -0.457 e. The lowest BCUT2D eigenvalue weighted by Crippen LogP contribution is -2.40. The van der Waals surface area contributed by atoms with Crippen molar-refractivity contribution in [2.45, 2.75) is 17.7 Å². The minimum atomic E-state index is -4.46. The first-order valence-corrected chi connectivity index (χ1v) is 9.82. The fourth-order valence-electron chi connectivity index (χ4n) is 2.68. The number of sulfonamides is 1. The van der Waals surface area contributed by atoms with Crippen LogP contribution in [-0.4, -0.2) is 37.2 Å². The lowest BCUT2D eigenvalue weighted by molar-refractivity contribution is -0.153. The van der Waals surface area contributed by atoms with Crippen molar-refractivity contribution in [1.29, 1.82) is 0 Å². The summed E-state index contributed by atoms with van der Waals surface area (Å²) in [6, 6.07) is 7.75. The molecule has 0 aromatic heterocycles. The second-order valence-electron chi connectivity index (χ2n) is 6.12. The van der Waals surface area contributed by atoms with Crippen LogP contribution in [0.4, 0.5) is 8.78 Å². The fourth-order valence-corrected chi connectivity index (χ4v) is 3.74. The standard InChI is InChI=1S/C18H17F2NO6S/c19-16-6-3-14(11-17(16)20)27-13-1-4-15(5-2-13)28(24,25)21(23)18(22)12-7-9-26-10-8-12/h1-6,11-12,23H,7-10H2. The molecule has 1 amide bonds. The van der Waals surface area contributed by atoms with E-state index in [1.165, 1.54) is 18.2 Å². The molecule has 150 valence electrons. The third-order valence-electron chi connectivity index (χ3n) is 4.24. The average Bonchev–Trinajstić information content (AvgIpc) is 2.70. The van der Waals surface area contributed by atoms with E-state index in [1.807, 2.05) is 0 Å². The van der Waals surface area contributed by atoms with E-state index < -0.39 is 33.5 Å². The molecule has 0 bridgehead atoms. The van der Waals surface area contributed by atoms with Crippen molar-refractivity contribution < 1.29 is 36.7 Å². The zero-order chi connectivity index (χ0) is 20.3. The number of rotatable bonds is 5. The van der Waals surface area contributed by atoms with Crippen LogP contribution in [0, 0.1) is 17.6 Å². The van der Waals surface area contributed by atoms with E-state index in [9.17, 15) is 27.2 Å². The molecule has 1 saturated heterocycles. The van der Waals surface area contributed by atoms with Crippen molar-refractivity contribution in [3.8, 4) is 11.5 Å². The largest absolute Gasteiger partial charge is 0.457 e. The normalized spacial score (nSPS) is 15.2. The van der Waals surface area contributed by atoms with E-state index in [4.69, 9.17) is 9.47 Å². The number of carbonyl (C=O) groups excluding carboxylic acids is 1. The number of benzene rings is 2. The van der Waals surface area contributed by atoms with Crippen LogP contribution < -0.4 is 4.74 Å². The summed E-state index contributed by atoms with van der Waals surface area (Å²) in [5, 5.41) is 9.96. The van der Waals surface area contributed by atoms with Crippen LogP contribution in [-0.2, 0) is 19.6 Å². The number of hydroxylamine groups is 1. The molecule has 2 aromatic carbocycles. The van der Waals surface area contributed by atoms with Gasteiger partial charge >= 0.3 is 0 Å². The van der Waals surface area contributed by atoms with Gasteiger partial charge in [-0.05, 0) is 49.2 Å². The highest BCUT2D eigenvalue weighted by molar-refractivity contribution is 7.89. The van der Waals surface area contributed by atoms with Crippen LogP contribution in [0.15, 0.2) is 47.4 Å². The first-order valence-electron chi connectivity index (χ1n) is 8.38. The first kappa shape index (κ1) is 20.2. The van der Waals surface area contributed by atoms with E-state index in [-0.39, 0.29) is 20.9 Å². The van der Waals surface area contributed by atoms with Crippen molar-refractivity contribution in [3.05, 3.63) is 54.1 Å². The van der Waals surface area contributed by atoms with Gasteiger partial charge in [0.05, 0.1) is 4.90 Å². The van der Waals surface area contributed by atoms with Gasteiger partial charge in [-0.1, -0.05) is 0 Å². The monoisotopic (exact) mass is 413 g/mol. The van der Waals surface area contributed by atoms with E-state index in [2.05, 4.69) is 0 Å². The van der Waals surface area contributed by atoms with Crippen LogP contribution in [0.1, 0.15) is 12.8 Å². The molecule has 2 aromatic rings. The molecular weight excluding hydrogens is 396 g/mol. The summed E-state index contributed by atoms with van der Waals surface area (Å²) in [4.78, 5) is 11.9. The number of carbonyl (C=O) groups is 1. The van der Waals surface area contributed by atoms with E-state index in [1.54, 1.807) is 0 Å². The van der Waals surface area contributed by atoms with Crippen molar-refractivity contribution in [3.63, 3.8) is 0 Å². The lowest BCUT2D eigenvalue weighted by atomic mass is 10.00. The Balaban J connectivity index is 1.73. The predicted octanol–water partition coefficient (Wildman–Crippen LogP) is 3.09. The van der Waals surface area contributed by atoms with Gasteiger partial charge in [0.2, 0.25) is 0 Å². The summed E-state index contributed by atoms with van der Waals surface area (Å²) in [5.41, 5.74) is 0. The van der Waals surface area contributed by atoms with Gasteiger partial charge in [-0.15, -0.1) is 4.47 Å². The summed E-state index contributed by atoms with van der Waals surface area (Å²) in [6.07, 6.45) is 0.652. The highest BCUT2D eigenvalue weighted by Crippen LogP contribution is 2.26. The van der Waals surface area contributed by atoms with Gasteiger partial charge < -0.3 is 9.47 Å². The number of hydrogen-bond donors (Lipinski definition) is 1. The van der Waals surface area contributed by atoms with E-state index >= 15 is 0 Å². The number of nitrogens with zero attached hydrogens (tertiary/aromatic N) is 1. The average molecular weight is 413 g/mol. The fraction of sp³-hybridized carbons (Fsp3) is 0.278. The molecule has 10 heteroatoms. The third kappa shape index (κ3) is 4.29. The van der Waals surface area contributed by atoms with Gasteiger partial charge in [0.15, 0.2) is 11.6 Å². The third-order valence-corrected chi connectivity index (χ3v) is 5.74. The molecule has 3 rings (SSSR count). The Morgan fingerprint density at radius 1 is 1.04 bits per heavy atom. The topological polar surface area (TPSA) is 93.1 Å². The smallest absolute Gasteiger partial charge is 0.289 e. The zero-order valence-corrected chi connectivity index (χ0v) is 15.4. The molecule has 1 aliphatic heterocycles. The van der Waals surface area contributed by atoms with Crippen molar-refractivity contribution in [1.82, 2.24) is 4.47 Å². The van der Waals surface area contributed by atoms with Gasteiger partial charge in [-0.2, -0.15) is 8.42 Å². The number of amides is 1. The second kappa shape index (κ2) is 8.21. The molecule has 0 radical (unpaired) electrons. The molecule has 7 nitrogen and oxygen atoms in total. The SMILES string of the molecule is O=C(C1CCOCC1)N(O)S(=O)(=O)c1ccc(Oc2ccc(F)c(F)c2)cc1. The van der Waals surface area contributed by atoms with Crippen LogP contribution in [0.25, 0.3) is 0 Å². The number of ether oxygens (including phenoxy) is 2. The zero-order valence-electron chi connectivity index (χ0n) is 14.5. The highest BCUT2D eigenvalue weighted by Gasteiger charge is 2.34. The Morgan fingerprint density at radius 3 is 2.25 bits per heavy atom. The summed E-state index contributed by atoms with van der Waals surface area (Å²) in [5.74, 6) is -3.47. The summed E-state index contributed by atoms with van der Waals surface area (Å²) in [6.45, 7) is 0.640. The molecule has 1 aliphatic rings. The minimum absolute atomic E-state index is 0.0213. The molecule has 28 heavy (non-hydrogen) atoms. The molecule has 1 N–H and O–H groups in total. The van der Waals surface area contributed by atoms with Gasteiger partial charge in [0, 0.05) is 25.2 Å². The van der Waals surface area contributed by atoms with Gasteiger partial charge in [0.25, 0.3) is 15.9 Å². The van der Waals surface area contributed by atoms with Crippen LogP contribution in [0.5, 0.6) is 11.5 Å². The molecule has 0 saturated carbocycles.